The molecule has 4 aromatic rings. The molecule has 0 aliphatic carbocycles. The first-order valence-corrected chi connectivity index (χ1v) is 11.1. The van der Waals surface area contributed by atoms with E-state index in [2.05, 4.69) is 0 Å². The van der Waals surface area contributed by atoms with Crippen LogP contribution in [0.2, 0.25) is 5.02 Å². The van der Waals surface area contributed by atoms with E-state index >= 15 is 0 Å². The van der Waals surface area contributed by atoms with Gasteiger partial charge in [-0.2, -0.15) is 5.26 Å². The Morgan fingerprint density at radius 2 is 1.73 bits per heavy atom. The molecular formula is C24H17ClN2O2S. The van der Waals surface area contributed by atoms with Crippen LogP contribution in [-0.4, -0.2) is 13.0 Å². The third-order valence-electron chi connectivity index (χ3n) is 4.80. The number of aromatic nitrogens is 1. The van der Waals surface area contributed by atoms with E-state index in [0.29, 0.717) is 17.1 Å². The quantitative estimate of drug-likeness (QED) is 0.381. The molecule has 1 aromatic heterocycles. The molecule has 6 heteroatoms. The molecule has 0 unspecified atom stereocenters. The van der Waals surface area contributed by atoms with Crippen molar-refractivity contribution >= 4 is 38.4 Å². The first kappa shape index (κ1) is 20.0. The molecule has 3 aromatic carbocycles. The van der Waals surface area contributed by atoms with Gasteiger partial charge in [-0.1, -0.05) is 60.1 Å². The van der Waals surface area contributed by atoms with E-state index in [1.807, 2.05) is 65.4 Å². The summed E-state index contributed by atoms with van der Waals surface area (Å²) in [7, 11) is -3.90. The van der Waals surface area contributed by atoms with Crippen LogP contribution in [0.4, 0.5) is 0 Å². The number of sulfone groups is 1. The van der Waals surface area contributed by atoms with Gasteiger partial charge in [-0.15, -0.1) is 0 Å². The molecule has 148 valence electrons. The number of allylic oxidation sites excluding steroid dienone is 1. The smallest absolute Gasteiger partial charge is 0.216 e. The number of para-hydroxylation sites is 1. The van der Waals surface area contributed by atoms with Crippen molar-refractivity contribution in [3.63, 3.8) is 0 Å². The van der Waals surface area contributed by atoms with E-state index in [1.165, 1.54) is 18.2 Å². The Balaban J connectivity index is 1.82. The van der Waals surface area contributed by atoms with Crippen LogP contribution < -0.4 is 0 Å². The van der Waals surface area contributed by atoms with E-state index in [1.54, 1.807) is 18.2 Å². The van der Waals surface area contributed by atoms with Gasteiger partial charge in [0.1, 0.15) is 11.0 Å². The Kier molecular flexibility index (Phi) is 5.45. The van der Waals surface area contributed by atoms with Crippen molar-refractivity contribution in [3.05, 3.63) is 106 Å². The SMILES string of the molecule is N#C/C(=C\c1cn(Cc2cccc(Cl)c2)c2ccccc12)S(=O)(=O)c1ccccc1. The summed E-state index contributed by atoms with van der Waals surface area (Å²) in [6.45, 7) is 0.572. The number of hydrogen-bond acceptors (Lipinski definition) is 3. The van der Waals surface area contributed by atoms with E-state index in [4.69, 9.17) is 11.6 Å². The van der Waals surface area contributed by atoms with Crippen molar-refractivity contribution in [2.24, 2.45) is 0 Å². The summed E-state index contributed by atoms with van der Waals surface area (Å²) in [5.74, 6) is 0. The number of rotatable bonds is 5. The van der Waals surface area contributed by atoms with Gasteiger partial charge < -0.3 is 4.57 Å². The number of hydrogen-bond donors (Lipinski definition) is 0. The van der Waals surface area contributed by atoms with Crippen molar-refractivity contribution in [3.8, 4) is 6.07 Å². The summed E-state index contributed by atoms with van der Waals surface area (Å²) in [5, 5.41) is 11.1. The van der Waals surface area contributed by atoms with Gasteiger partial charge in [0.05, 0.1) is 4.90 Å². The number of fused-ring (bicyclic) bond motifs is 1. The van der Waals surface area contributed by atoms with Gasteiger partial charge in [0.2, 0.25) is 9.84 Å². The number of halogens is 1. The molecule has 0 aliphatic rings. The highest BCUT2D eigenvalue weighted by atomic mass is 35.5. The van der Waals surface area contributed by atoms with Crippen LogP contribution in [0.3, 0.4) is 0 Å². The topological polar surface area (TPSA) is 62.9 Å². The minimum atomic E-state index is -3.90. The second kappa shape index (κ2) is 8.19. The standard InChI is InChI=1S/C24H17ClN2O2S/c25-20-8-6-7-18(13-20)16-27-17-19(23-11-4-5-12-24(23)27)14-22(15-26)30(28,29)21-9-2-1-3-10-21/h1-14,17H,16H2/b22-14+. The molecule has 0 fully saturated rings. The predicted molar refractivity (Wildman–Crippen MR) is 120 cm³/mol. The van der Waals surface area contributed by atoms with Gasteiger partial charge in [-0.3, -0.25) is 0 Å². The number of benzene rings is 3. The maximum absolute atomic E-state index is 12.9. The molecule has 0 spiro atoms. The fraction of sp³-hybridized carbons (Fsp3) is 0.0417. The lowest BCUT2D eigenvalue weighted by Crippen LogP contribution is -2.03. The normalized spacial score (nSPS) is 12.1. The van der Waals surface area contributed by atoms with Crippen LogP contribution in [0, 0.1) is 11.3 Å². The fourth-order valence-corrected chi connectivity index (χ4v) is 4.78. The van der Waals surface area contributed by atoms with E-state index in [0.717, 1.165) is 16.5 Å². The second-order valence-corrected chi connectivity index (χ2v) is 9.15. The van der Waals surface area contributed by atoms with Gasteiger partial charge in [0.15, 0.2) is 0 Å². The van der Waals surface area contributed by atoms with E-state index in [-0.39, 0.29) is 9.80 Å². The lowest BCUT2D eigenvalue weighted by Gasteiger charge is -2.05. The highest BCUT2D eigenvalue weighted by Crippen LogP contribution is 2.27. The van der Waals surface area contributed by atoms with Gasteiger partial charge in [-0.05, 0) is 42.0 Å². The summed E-state index contributed by atoms with van der Waals surface area (Å²) in [5.41, 5.74) is 2.64. The summed E-state index contributed by atoms with van der Waals surface area (Å²) < 4.78 is 27.9. The van der Waals surface area contributed by atoms with Gasteiger partial charge in [-0.25, -0.2) is 8.42 Å². The van der Waals surface area contributed by atoms with Crippen LogP contribution in [0.1, 0.15) is 11.1 Å². The van der Waals surface area contributed by atoms with Crippen molar-refractivity contribution in [2.45, 2.75) is 11.4 Å². The zero-order valence-electron chi connectivity index (χ0n) is 15.9. The predicted octanol–water partition coefficient (Wildman–Crippen LogP) is 5.68. The van der Waals surface area contributed by atoms with E-state index in [9.17, 15) is 13.7 Å². The Morgan fingerprint density at radius 1 is 1.00 bits per heavy atom. The minimum Gasteiger partial charge on any atom is -0.342 e. The Labute approximate surface area is 180 Å². The monoisotopic (exact) mass is 432 g/mol. The third kappa shape index (κ3) is 3.88. The average molecular weight is 433 g/mol. The molecule has 30 heavy (non-hydrogen) atoms. The first-order chi connectivity index (χ1) is 14.5. The van der Waals surface area contributed by atoms with Crippen LogP contribution >= 0.6 is 11.6 Å². The largest absolute Gasteiger partial charge is 0.342 e. The lowest BCUT2D eigenvalue weighted by molar-refractivity contribution is 0.603. The Morgan fingerprint density at radius 3 is 2.47 bits per heavy atom. The van der Waals surface area contributed by atoms with Gasteiger partial charge >= 0.3 is 0 Å². The van der Waals surface area contributed by atoms with Crippen molar-refractivity contribution in [1.29, 1.82) is 5.26 Å². The summed E-state index contributed by atoms with van der Waals surface area (Å²) in [6.07, 6.45) is 3.31. The second-order valence-electron chi connectivity index (χ2n) is 6.80. The first-order valence-electron chi connectivity index (χ1n) is 9.23. The molecule has 0 saturated carbocycles. The Bertz CT molecular complexity index is 1400. The van der Waals surface area contributed by atoms with Gasteiger partial charge in [0, 0.05) is 34.2 Å². The van der Waals surface area contributed by atoms with E-state index < -0.39 is 9.84 Å². The minimum absolute atomic E-state index is 0.0977. The number of nitrogens with zero attached hydrogens (tertiary/aromatic N) is 2. The molecule has 0 atom stereocenters. The summed E-state index contributed by atoms with van der Waals surface area (Å²) in [6, 6.07) is 25.1. The fourth-order valence-electron chi connectivity index (χ4n) is 3.39. The summed E-state index contributed by atoms with van der Waals surface area (Å²) >= 11 is 6.11. The molecule has 0 saturated heterocycles. The average Bonchev–Trinajstić information content (AvgIpc) is 3.10. The zero-order valence-corrected chi connectivity index (χ0v) is 17.4. The van der Waals surface area contributed by atoms with Crippen molar-refractivity contribution in [2.75, 3.05) is 0 Å². The molecular weight excluding hydrogens is 416 g/mol. The molecule has 1 heterocycles. The van der Waals surface area contributed by atoms with Crippen LogP contribution in [-0.2, 0) is 16.4 Å². The van der Waals surface area contributed by atoms with Gasteiger partial charge in [0.25, 0.3) is 0 Å². The van der Waals surface area contributed by atoms with Crippen molar-refractivity contribution in [1.82, 2.24) is 4.57 Å². The third-order valence-corrected chi connectivity index (χ3v) is 6.72. The van der Waals surface area contributed by atoms with Crippen molar-refractivity contribution < 1.29 is 8.42 Å². The highest BCUT2D eigenvalue weighted by molar-refractivity contribution is 7.95. The Hall–Kier alpha value is -3.33. The molecule has 4 rings (SSSR count). The molecule has 4 nitrogen and oxygen atoms in total. The number of nitriles is 1. The summed E-state index contributed by atoms with van der Waals surface area (Å²) in [4.78, 5) is -0.195. The molecule has 0 N–H and O–H groups in total. The van der Waals surface area contributed by atoms with Crippen LogP contribution in [0.5, 0.6) is 0 Å². The highest BCUT2D eigenvalue weighted by Gasteiger charge is 2.21. The molecule has 0 amide bonds. The molecule has 0 radical (unpaired) electrons. The lowest BCUT2D eigenvalue weighted by atomic mass is 10.1. The molecule has 0 bridgehead atoms. The zero-order chi connectivity index (χ0) is 21.1. The van der Waals surface area contributed by atoms with Crippen LogP contribution in [0.25, 0.3) is 17.0 Å². The molecule has 0 aliphatic heterocycles. The maximum Gasteiger partial charge on any atom is 0.216 e. The maximum atomic E-state index is 12.9. The van der Waals surface area contributed by atoms with Crippen LogP contribution in [0.15, 0.2) is 94.9 Å².